The van der Waals surface area contributed by atoms with Gasteiger partial charge in [0.15, 0.2) is 0 Å². The summed E-state index contributed by atoms with van der Waals surface area (Å²) >= 11 is 0. The molecule has 0 amide bonds. The van der Waals surface area contributed by atoms with Gasteiger partial charge < -0.3 is 4.74 Å². The number of aryl methyl sites for hydroxylation is 1. The Bertz CT molecular complexity index is 434. The van der Waals surface area contributed by atoms with E-state index in [-0.39, 0.29) is 11.9 Å². The van der Waals surface area contributed by atoms with E-state index < -0.39 is 0 Å². The van der Waals surface area contributed by atoms with Crippen molar-refractivity contribution >= 4 is 5.97 Å². The molecule has 0 fully saturated rings. The van der Waals surface area contributed by atoms with Gasteiger partial charge in [-0.3, -0.25) is 4.79 Å². The normalized spacial score (nSPS) is 18.3. The number of carbonyl (C=O) groups excluding carboxylic acids is 1. The fourth-order valence-corrected chi connectivity index (χ4v) is 2.21. The van der Waals surface area contributed by atoms with Crippen LogP contribution in [-0.2, 0) is 22.4 Å². The van der Waals surface area contributed by atoms with Crippen LogP contribution in [0.2, 0.25) is 0 Å². The molecule has 0 aromatic heterocycles. The smallest absolute Gasteiger partial charge is 0.309 e. The van der Waals surface area contributed by atoms with Crippen LogP contribution in [0.3, 0.4) is 0 Å². The molecule has 1 aliphatic carbocycles. The lowest BCUT2D eigenvalue weighted by molar-refractivity contribution is -0.147. The summed E-state index contributed by atoms with van der Waals surface area (Å²) in [5.74, 6) is -0.0632. The van der Waals surface area contributed by atoms with E-state index in [4.69, 9.17) is 4.74 Å². The van der Waals surface area contributed by atoms with Crippen LogP contribution >= 0.6 is 0 Å². The zero-order chi connectivity index (χ0) is 12.3. The zero-order valence-corrected chi connectivity index (χ0v) is 10.2. The van der Waals surface area contributed by atoms with Crippen molar-refractivity contribution in [1.82, 2.24) is 0 Å². The molecule has 0 spiro atoms. The van der Waals surface area contributed by atoms with Gasteiger partial charge in [0.2, 0.25) is 0 Å². The number of rotatable bonds is 3. The molecule has 1 aromatic carbocycles. The Morgan fingerprint density at radius 1 is 1.41 bits per heavy atom. The summed E-state index contributed by atoms with van der Waals surface area (Å²) < 4.78 is 5.22. The average molecular weight is 230 g/mol. The van der Waals surface area contributed by atoms with Crippen LogP contribution < -0.4 is 0 Å². The molecule has 17 heavy (non-hydrogen) atoms. The van der Waals surface area contributed by atoms with Crippen molar-refractivity contribution in [2.75, 3.05) is 6.61 Å². The van der Waals surface area contributed by atoms with E-state index in [1.807, 2.05) is 13.0 Å². The number of ether oxygens (including phenoxy) is 1. The summed E-state index contributed by atoms with van der Waals surface area (Å²) in [7, 11) is 0. The zero-order valence-electron chi connectivity index (χ0n) is 10.2. The molecule has 2 nitrogen and oxygen atoms in total. The van der Waals surface area contributed by atoms with Crippen molar-refractivity contribution in [2.45, 2.75) is 26.2 Å². The maximum atomic E-state index is 11.8. The summed E-state index contributed by atoms with van der Waals surface area (Å²) in [5.41, 5.74) is 3.54. The van der Waals surface area contributed by atoms with Crippen LogP contribution in [0.5, 0.6) is 0 Å². The second-order valence-corrected chi connectivity index (χ2v) is 4.77. The first kappa shape index (κ1) is 11.9. The van der Waals surface area contributed by atoms with Crippen LogP contribution in [0, 0.1) is 5.92 Å². The minimum absolute atomic E-state index is 0.0178. The lowest BCUT2D eigenvalue weighted by Crippen LogP contribution is -2.25. The first-order valence-corrected chi connectivity index (χ1v) is 6.04. The molecule has 1 unspecified atom stereocenters. The molecule has 1 aliphatic rings. The summed E-state index contributed by atoms with van der Waals surface area (Å²) in [6.45, 7) is 5.94. The standard InChI is InChI=1S/C15H18O2/c1-11(2)10-17-15(16)14-8-7-12-5-3-4-6-13(12)9-14/h3-6,14H,1,7-10H2,2H3. The number of benzene rings is 1. The van der Waals surface area contributed by atoms with Crippen LogP contribution in [0.1, 0.15) is 24.5 Å². The molecule has 0 radical (unpaired) electrons. The minimum atomic E-state index is -0.0810. The second-order valence-electron chi connectivity index (χ2n) is 4.77. The van der Waals surface area contributed by atoms with E-state index in [0.717, 1.165) is 24.8 Å². The van der Waals surface area contributed by atoms with Gasteiger partial charge in [-0.2, -0.15) is 0 Å². The summed E-state index contributed by atoms with van der Waals surface area (Å²) in [6.07, 6.45) is 2.68. The van der Waals surface area contributed by atoms with Gasteiger partial charge in [-0.15, -0.1) is 0 Å². The van der Waals surface area contributed by atoms with E-state index in [0.29, 0.717) is 6.61 Å². The molecule has 90 valence electrons. The fourth-order valence-electron chi connectivity index (χ4n) is 2.21. The highest BCUT2D eigenvalue weighted by Crippen LogP contribution is 2.26. The van der Waals surface area contributed by atoms with Gasteiger partial charge in [0.25, 0.3) is 0 Å². The Balaban J connectivity index is 1.97. The quantitative estimate of drug-likeness (QED) is 0.589. The molecule has 0 saturated heterocycles. The minimum Gasteiger partial charge on any atom is -0.461 e. The number of hydrogen-bond donors (Lipinski definition) is 0. The third-order valence-corrected chi connectivity index (χ3v) is 3.14. The molecular weight excluding hydrogens is 212 g/mol. The van der Waals surface area contributed by atoms with Crippen molar-refractivity contribution in [2.24, 2.45) is 5.92 Å². The predicted molar refractivity (Wildman–Crippen MR) is 67.7 cm³/mol. The summed E-state index contributed by atoms with van der Waals surface area (Å²) in [4.78, 5) is 11.8. The summed E-state index contributed by atoms with van der Waals surface area (Å²) in [6, 6.07) is 8.33. The molecule has 2 rings (SSSR count). The van der Waals surface area contributed by atoms with Gasteiger partial charge >= 0.3 is 5.97 Å². The molecule has 0 saturated carbocycles. The Kier molecular flexibility index (Phi) is 3.62. The maximum absolute atomic E-state index is 11.8. The highest BCUT2D eigenvalue weighted by atomic mass is 16.5. The average Bonchev–Trinajstić information content (AvgIpc) is 2.35. The maximum Gasteiger partial charge on any atom is 0.309 e. The monoisotopic (exact) mass is 230 g/mol. The molecular formula is C15H18O2. The highest BCUT2D eigenvalue weighted by Gasteiger charge is 2.25. The van der Waals surface area contributed by atoms with E-state index in [9.17, 15) is 4.79 Å². The van der Waals surface area contributed by atoms with Gasteiger partial charge in [-0.25, -0.2) is 0 Å². The van der Waals surface area contributed by atoms with Gasteiger partial charge in [0.05, 0.1) is 5.92 Å². The highest BCUT2D eigenvalue weighted by molar-refractivity contribution is 5.73. The Morgan fingerprint density at radius 3 is 2.82 bits per heavy atom. The molecule has 0 aliphatic heterocycles. The van der Waals surface area contributed by atoms with Gasteiger partial charge in [0.1, 0.15) is 6.61 Å². The Morgan fingerprint density at radius 2 is 2.12 bits per heavy atom. The fraction of sp³-hybridized carbons (Fsp3) is 0.400. The van der Waals surface area contributed by atoms with Crippen molar-refractivity contribution in [3.63, 3.8) is 0 Å². The van der Waals surface area contributed by atoms with Gasteiger partial charge in [0, 0.05) is 0 Å². The van der Waals surface area contributed by atoms with Crippen LogP contribution in [0.4, 0.5) is 0 Å². The lowest BCUT2D eigenvalue weighted by atomic mass is 9.84. The van der Waals surface area contributed by atoms with E-state index in [1.54, 1.807) is 0 Å². The van der Waals surface area contributed by atoms with E-state index in [1.165, 1.54) is 11.1 Å². The molecule has 1 atom stereocenters. The molecule has 1 aromatic rings. The SMILES string of the molecule is C=C(C)COC(=O)C1CCc2ccccc2C1. The van der Waals surface area contributed by atoms with Crippen molar-refractivity contribution < 1.29 is 9.53 Å². The lowest BCUT2D eigenvalue weighted by Gasteiger charge is -2.23. The Hall–Kier alpha value is -1.57. The molecule has 0 N–H and O–H groups in total. The third kappa shape index (κ3) is 2.96. The topological polar surface area (TPSA) is 26.3 Å². The number of esters is 1. The second kappa shape index (κ2) is 5.17. The summed E-state index contributed by atoms with van der Waals surface area (Å²) in [5, 5.41) is 0. The predicted octanol–water partition coefficient (Wildman–Crippen LogP) is 2.91. The largest absolute Gasteiger partial charge is 0.461 e. The third-order valence-electron chi connectivity index (χ3n) is 3.14. The number of fused-ring (bicyclic) bond motifs is 1. The van der Waals surface area contributed by atoms with Crippen LogP contribution in [0.25, 0.3) is 0 Å². The molecule has 2 heteroatoms. The van der Waals surface area contributed by atoms with Crippen molar-refractivity contribution in [1.29, 1.82) is 0 Å². The van der Waals surface area contributed by atoms with Crippen LogP contribution in [0.15, 0.2) is 36.4 Å². The van der Waals surface area contributed by atoms with E-state index >= 15 is 0 Å². The molecule has 0 heterocycles. The van der Waals surface area contributed by atoms with Crippen LogP contribution in [-0.4, -0.2) is 12.6 Å². The molecule has 0 bridgehead atoms. The van der Waals surface area contributed by atoms with Crippen molar-refractivity contribution in [3.8, 4) is 0 Å². The van der Waals surface area contributed by atoms with E-state index in [2.05, 4.69) is 24.8 Å². The van der Waals surface area contributed by atoms with Gasteiger partial charge in [-0.1, -0.05) is 30.8 Å². The number of carbonyl (C=O) groups is 1. The van der Waals surface area contributed by atoms with Crippen molar-refractivity contribution in [3.05, 3.63) is 47.5 Å². The Labute approximate surface area is 102 Å². The first-order valence-electron chi connectivity index (χ1n) is 6.04. The number of hydrogen-bond acceptors (Lipinski definition) is 2. The van der Waals surface area contributed by atoms with Gasteiger partial charge in [-0.05, 0) is 42.9 Å². The first-order chi connectivity index (χ1) is 8.16.